The molecule has 1 aliphatic carbocycles. The van der Waals surface area contributed by atoms with Gasteiger partial charge in [-0.25, -0.2) is 0 Å². The highest BCUT2D eigenvalue weighted by molar-refractivity contribution is 7.50. The van der Waals surface area contributed by atoms with Gasteiger partial charge in [0, 0.05) is 10.6 Å². The summed E-state index contributed by atoms with van der Waals surface area (Å²) >= 11 is 0. The Morgan fingerprint density at radius 3 is 1.40 bits per heavy atom. The Labute approximate surface area is 182 Å². The van der Waals surface area contributed by atoms with Crippen LogP contribution in [0, 0.1) is 0 Å². The standard InChI is InChI=1S/C28H31OP/c1-27(2,3)23-16-18(29-7)17-24(28(4,5)6)26(23)30-25-21-14-10-8-12-19(21)20-13-9-11-15-22(20)25/h8-17H,1-7H3. The van der Waals surface area contributed by atoms with Gasteiger partial charge in [-0.3, -0.25) is 0 Å². The fourth-order valence-corrected chi connectivity index (χ4v) is 6.11. The fourth-order valence-electron chi connectivity index (χ4n) is 4.22. The summed E-state index contributed by atoms with van der Waals surface area (Å²) < 4.78 is 5.71. The monoisotopic (exact) mass is 414 g/mol. The average Bonchev–Trinajstić information content (AvgIpc) is 3.00. The smallest absolute Gasteiger partial charge is 0.119 e. The van der Waals surface area contributed by atoms with E-state index in [4.69, 9.17) is 4.74 Å². The normalized spacial score (nSPS) is 13.4. The molecule has 0 bridgehead atoms. The molecule has 0 aromatic heterocycles. The molecule has 2 heteroatoms. The summed E-state index contributed by atoms with van der Waals surface area (Å²) in [5, 5.41) is 2.82. The van der Waals surface area contributed by atoms with Crippen LogP contribution in [0.15, 0.2) is 60.7 Å². The summed E-state index contributed by atoms with van der Waals surface area (Å²) in [5.74, 6) is 0.945. The molecule has 3 aromatic carbocycles. The molecule has 0 spiro atoms. The molecular weight excluding hydrogens is 383 g/mol. The second-order valence-corrected chi connectivity index (χ2v) is 11.2. The van der Waals surface area contributed by atoms with Crippen LogP contribution < -0.4 is 10.0 Å². The van der Waals surface area contributed by atoms with Crippen LogP contribution >= 0.6 is 8.20 Å². The van der Waals surface area contributed by atoms with Crippen molar-refractivity contribution in [3.05, 3.63) is 82.9 Å². The van der Waals surface area contributed by atoms with Gasteiger partial charge in [0.2, 0.25) is 0 Å². The van der Waals surface area contributed by atoms with E-state index in [0.717, 1.165) is 5.75 Å². The van der Waals surface area contributed by atoms with Gasteiger partial charge in [-0.15, -0.1) is 0 Å². The fraction of sp³-hybridized carbons (Fsp3) is 0.321. The average molecular weight is 415 g/mol. The molecule has 0 heterocycles. The van der Waals surface area contributed by atoms with Gasteiger partial charge in [0.1, 0.15) is 5.75 Å². The molecule has 0 saturated heterocycles. The van der Waals surface area contributed by atoms with Crippen LogP contribution in [0.25, 0.3) is 11.1 Å². The van der Waals surface area contributed by atoms with Crippen molar-refractivity contribution in [2.45, 2.75) is 52.4 Å². The third-order valence-electron chi connectivity index (χ3n) is 5.81. The van der Waals surface area contributed by atoms with E-state index in [1.807, 2.05) is 0 Å². The predicted molar refractivity (Wildman–Crippen MR) is 132 cm³/mol. The van der Waals surface area contributed by atoms with Crippen molar-refractivity contribution < 1.29 is 4.74 Å². The Bertz CT molecular complexity index is 1060. The molecule has 1 aliphatic rings. The SMILES string of the molecule is COc1cc(C(C)(C)C)c(P=C2c3ccccc3-c3ccccc32)c(C(C)(C)C)c1. The summed E-state index contributed by atoms with van der Waals surface area (Å²) in [7, 11) is 3.03. The van der Waals surface area contributed by atoms with Crippen molar-refractivity contribution in [2.24, 2.45) is 0 Å². The molecule has 154 valence electrons. The van der Waals surface area contributed by atoms with Crippen LogP contribution in [0.1, 0.15) is 63.8 Å². The zero-order valence-corrected chi connectivity index (χ0v) is 20.0. The van der Waals surface area contributed by atoms with Crippen molar-refractivity contribution in [2.75, 3.05) is 7.11 Å². The third-order valence-corrected chi connectivity index (χ3v) is 7.22. The lowest BCUT2D eigenvalue weighted by atomic mass is 9.80. The molecular formula is C28H31OP. The molecule has 3 aromatic rings. The second kappa shape index (κ2) is 7.40. The molecule has 4 rings (SSSR count). The maximum atomic E-state index is 5.71. The highest BCUT2D eigenvalue weighted by Crippen LogP contribution is 2.41. The largest absolute Gasteiger partial charge is 0.497 e. The lowest BCUT2D eigenvalue weighted by Gasteiger charge is -2.29. The number of hydrogen-bond acceptors (Lipinski definition) is 1. The van der Waals surface area contributed by atoms with Gasteiger partial charge >= 0.3 is 0 Å². The summed E-state index contributed by atoms with van der Waals surface area (Å²) in [6.07, 6.45) is 0. The molecule has 0 atom stereocenters. The lowest BCUT2D eigenvalue weighted by molar-refractivity contribution is 0.410. The molecule has 0 saturated carbocycles. The minimum absolute atomic E-state index is 0.0229. The van der Waals surface area contributed by atoms with Gasteiger partial charge in [-0.2, -0.15) is 0 Å². The number of benzene rings is 3. The molecule has 0 N–H and O–H groups in total. The Morgan fingerprint density at radius 1 is 0.633 bits per heavy atom. The Kier molecular flexibility index (Phi) is 5.15. The Balaban J connectivity index is 2.08. The summed E-state index contributed by atoms with van der Waals surface area (Å²) in [5.41, 5.74) is 8.18. The van der Waals surface area contributed by atoms with Crippen LogP contribution in [-0.4, -0.2) is 12.4 Å². The first-order valence-corrected chi connectivity index (χ1v) is 11.5. The second-order valence-electron chi connectivity index (χ2n) is 10.1. The molecule has 0 aliphatic heterocycles. The minimum atomic E-state index is 0.0229. The molecule has 0 fully saturated rings. The Morgan fingerprint density at radius 2 is 1.03 bits per heavy atom. The van der Waals surface area contributed by atoms with Gasteiger partial charge in [-0.05, 0) is 56.3 Å². The van der Waals surface area contributed by atoms with E-state index in [1.54, 1.807) is 7.11 Å². The first kappa shape index (κ1) is 20.9. The van der Waals surface area contributed by atoms with Crippen molar-refractivity contribution in [3.63, 3.8) is 0 Å². The summed E-state index contributed by atoms with van der Waals surface area (Å²) in [6, 6.07) is 22.1. The van der Waals surface area contributed by atoms with Crippen LogP contribution in [-0.2, 0) is 10.8 Å². The van der Waals surface area contributed by atoms with Gasteiger partial charge < -0.3 is 4.74 Å². The maximum absolute atomic E-state index is 5.71. The summed E-state index contributed by atoms with van der Waals surface area (Å²) in [6.45, 7) is 13.8. The quantitative estimate of drug-likeness (QED) is 0.318. The molecule has 0 radical (unpaired) electrons. The lowest BCUT2D eigenvalue weighted by Crippen LogP contribution is -2.28. The Hall–Kier alpha value is -2.37. The molecule has 0 unspecified atom stereocenters. The first-order chi connectivity index (χ1) is 14.1. The van der Waals surface area contributed by atoms with E-state index in [1.165, 1.54) is 52.2 Å². The van der Waals surface area contributed by atoms with E-state index >= 15 is 0 Å². The first-order valence-electron chi connectivity index (χ1n) is 10.6. The number of hydrogen-bond donors (Lipinski definition) is 0. The maximum Gasteiger partial charge on any atom is 0.119 e. The van der Waals surface area contributed by atoms with Gasteiger partial charge in [-0.1, -0.05) is 98.3 Å². The predicted octanol–water partition coefficient (Wildman–Crippen LogP) is 7.11. The highest BCUT2D eigenvalue weighted by atomic mass is 31.1. The number of ether oxygens (including phenoxy) is 1. The minimum Gasteiger partial charge on any atom is -0.497 e. The van der Waals surface area contributed by atoms with Gasteiger partial charge in [0.25, 0.3) is 0 Å². The van der Waals surface area contributed by atoms with Crippen LogP contribution in [0.2, 0.25) is 0 Å². The topological polar surface area (TPSA) is 9.23 Å². The molecule has 1 nitrogen and oxygen atoms in total. The van der Waals surface area contributed by atoms with Gasteiger partial charge in [0.15, 0.2) is 0 Å². The zero-order valence-electron chi connectivity index (χ0n) is 19.1. The highest BCUT2D eigenvalue weighted by Gasteiger charge is 2.29. The van der Waals surface area contributed by atoms with E-state index in [0.29, 0.717) is 0 Å². The molecule has 0 amide bonds. The molecule has 30 heavy (non-hydrogen) atoms. The van der Waals surface area contributed by atoms with Crippen LogP contribution in [0.3, 0.4) is 0 Å². The van der Waals surface area contributed by atoms with E-state index in [9.17, 15) is 0 Å². The number of rotatable bonds is 2. The van der Waals surface area contributed by atoms with Crippen molar-refractivity contribution >= 4 is 18.8 Å². The summed E-state index contributed by atoms with van der Waals surface area (Å²) in [4.78, 5) is 0. The van der Waals surface area contributed by atoms with Crippen molar-refractivity contribution in [1.82, 2.24) is 0 Å². The van der Waals surface area contributed by atoms with Crippen LogP contribution in [0.4, 0.5) is 0 Å². The van der Waals surface area contributed by atoms with E-state index < -0.39 is 0 Å². The van der Waals surface area contributed by atoms with Crippen LogP contribution in [0.5, 0.6) is 5.75 Å². The number of methoxy groups -OCH3 is 1. The zero-order chi connectivity index (χ0) is 21.7. The van der Waals surface area contributed by atoms with E-state index in [2.05, 4.69) is 102 Å². The third kappa shape index (κ3) is 3.61. The van der Waals surface area contributed by atoms with Crippen molar-refractivity contribution in [1.29, 1.82) is 0 Å². The van der Waals surface area contributed by atoms with Crippen molar-refractivity contribution in [3.8, 4) is 16.9 Å². The number of fused-ring (bicyclic) bond motifs is 3. The van der Waals surface area contributed by atoms with E-state index in [-0.39, 0.29) is 10.8 Å². The van der Waals surface area contributed by atoms with Gasteiger partial charge in [0.05, 0.1) is 7.11 Å².